The van der Waals surface area contributed by atoms with E-state index in [4.69, 9.17) is 5.11 Å². The van der Waals surface area contributed by atoms with Crippen molar-refractivity contribution in [2.45, 2.75) is 0 Å². The number of piperazine rings is 1. The molecule has 0 bridgehead atoms. The molecule has 6 nitrogen and oxygen atoms in total. The molecule has 0 saturated carbocycles. The second-order valence-corrected chi connectivity index (χ2v) is 7.33. The number of β-amino-alcohol motifs (C(OH)–C–C–N with tert-alkyl or cyclic N) is 1. The summed E-state index contributed by atoms with van der Waals surface area (Å²) in [6, 6.07) is 8.02. The number of hydrogen-bond acceptors (Lipinski definition) is 5. The molecule has 2 aliphatic heterocycles. The summed E-state index contributed by atoms with van der Waals surface area (Å²) in [7, 11) is 0. The number of imide groups is 1. The first-order valence-corrected chi connectivity index (χ1v) is 9.83. The van der Waals surface area contributed by atoms with Crippen molar-refractivity contribution in [2.24, 2.45) is 0 Å². The van der Waals surface area contributed by atoms with Crippen LogP contribution in [0.3, 0.4) is 0 Å². The molecule has 0 aliphatic carbocycles. The maximum atomic E-state index is 13.8. The van der Waals surface area contributed by atoms with Gasteiger partial charge in [-0.05, 0) is 29.8 Å². The Morgan fingerprint density at radius 3 is 2.13 bits per heavy atom. The fraction of sp³-hybridized carbons (Fsp3) is 0.273. The van der Waals surface area contributed by atoms with Crippen LogP contribution in [0.4, 0.5) is 18.9 Å². The fourth-order valence-corrected chi connectivity index (χ4v) is 3.88. The van der Waals surface area contributed by atoms with E-state index >= 15 is 0 Å². The molecule has 2 amide bonds. The van der Waals surface area contributed by atoms with Crippen LogP contribution >= 0.6 is 0 Å². The van der Waals surface area contributed by atoms with E-state index in [2.05, 4.69) is 0 Å². The average Bonchev–Trinajstić information content (AvgIpc) is 3.02. The highest BCUT2D eigenvalue weighted by Gasteiger charge is 2.43. The third-order valence-corrected chi connectivity index (χ3v) is 5.46. The van der Waals surface area contributed by atoms with Crippen LogP contribution in [0.1, 0.15) is 5.56 Å². The van der Waals surface area contributed by atoms with Crippen LogP contribution in [0, 0.1) is 17.5 Å². The number of rotatable bonds is 5. The van der Waals surface area contributed by atoms with E-state index in [1.165, 1.54) is 30.3 Å². The number of nitrogens with zero attached hydrogens (tertiary/aromatic N) is 3. The van der Waals surface area contributed by atoms with Crippen molar-refractivity contribution in [3.63, 3.8) is 0 Å². The van der Waals surface area contributed by atoms with Gasteiger partial charge in [0.25, 0.3) is 11.8 Å². The quantitative estimate of drug-likeness (QED) is 0.734. The van der Waals surface area contributed by atoms with Gasteiger partial charge in [-0.25, -0.2) is 18.1 Å². The number of halogens is 3. The Balaban J connectivity index is 1.74. The topological polar surface area (TPSA) is 64.1 Å². The van der Waals surface area contributed by atoms with Crippen LogP contribution in [-0.2, 0) is 9.59 Å². The number of benzene rings is 2. The van der Waals surface area contributed by atoms with Crippen LogP contribution in [0.25, 0.3) is 5.57 Å². The van der Waals surface area contributed by atoms with Crippen molar-refractivity contribution in [1.29, 1.82) is 0 Å². The number of carbonyl (C=O) groups excluding carboxylic acids is 2. The van der Waals surface area contributed by atoms with E-state index in [-0.39, 0.29) is 23.6 Å². The van der Waals surface area contributed by atoms with Gasteiger partial charge in [-0.1, -0.05) is 12.1 Å². The summed E-state index contributed by atoms with van der Waals surface area (Å²) in [5.41, 5.74) is 0.510. The Kier molecular flexibility index (Phi) is 5.79. The molecule has 1 saturated heterocycles. The Bertz CT molecular complexity index is 1050. The Labute approximate surface area is 176 Å². The Morgan fingerprint density at radius 2 is 1.52 bits per heavy atom. The van der Waals surface area contributed by atoms with E-state index in [0.29, 0.717) is 38.3 Å². The lowest BCUT2D eigenvalue weighted by Crippen LogP contribution is -2.48. The molecule has 2 aromatic carbocycles. The SMILES string of the molecule is O=C1C(c2ccc(F)cc2)=C(N2CCN(CCO)CC2)C(=O)N1c1ccc(F)c(F)c1. The molecule has 0 unspecified atom stereocenters. The van der Waals surface area contributed by atoms with Gasteiger partial charge in [-0.15, -0.1) is 0 Å². The molecule has 31 heavy (non-hydrogen) atoms. The van der Waals surface area contributed by atoms with Gasteiger partial charge in [0.2, 0.25) is 0 Å². The van der Waals surface area contributed by atoms with Gasteiger partial charge in [0.15, 0.2) is 11.6 Å². The minimum atomic E-state index is -1.17. The summed E-state index contributed by atoms with van der Waals surface area (Å²) in [5, 5.41) is 9.13. The molecule has 2 aliphatic rings. The van der Waals surface area contributed by atoms with E-state index in [9.17, 15) is 22.8 Å². The van der Waals surface area contributed by atoms with Gasteiger partial charge in [0.05, 0.1) is 17.9 Å². The summed E-state index contributed by atoms with van der Waals surface area (Å²) in [4.78, 5) is 31.2. The molecular weight excluding hydrogens is 411 g/mol. The van der Waals surface area contributed by atoms with Crippen molar-refractivity contribution in [3.8, 4) is 0 Å². The first-order chi connectivity index (χ1) is 14.9. The summed E-state index contributed by atoms with van der Waals surface area (Å²) in [5.74, 6) is -4.08. The number of hydrogen-bond donors (Lipinski definition) is 1. The van der Waals surface area contributed by atoms with Gasteiger partial charge >= 0.3 is 0 Å². The van der Waals surface area contributed by atoms with Gasteiger partial charge in [0, 0.05) is 38.8 Å². The van der Waals surface area contributed by atoms with Crippen molar-refractivity contribution in [1.82, 2.24) is 9.80 Å². The molecule has 4 rings (SSSR count). The lowest BCUT2D eigenvalue weighted by molar-refractivity contribution is -0.120. The predicted molar refractivity (Wildman–Crippen MR) is 107 cm³/mol. The number of amides is 2. The zero-order valence-electron chi connectivity index (χ0n) is 16.5. The maximum absolute atomic E-state index is 13.8. The van der Waals surface area contributed by atoms with Crippen molar-refractivity contribution < 1.29 is 27.9 Å². The summed E-state index contributed by atoms with van der Waals surface area (Å²) in [6.45, 7) is 2.55. The largest absolute Gasteiger partial charge is 0.395 e. The standard InChI is InChI=1S/C22H20F3N3O3/c23-15-3-1-14(2-4-15)19-20(27-9-7-26(8-10-27)11-12-29)22(31)28(21(19)30)16-5-6-17(24)18(25)13-16/h1-6,13,29H,7-12H2. The third kappa shape index (κ3) is 3.94. The molecule has 0 spiro atoms. The van der Waals surface area contributed by atoms with Crippen molar-refractivity contribution >= 4 is 23.1 Å². The zero-order valence-corrected chi connectivity index (χ0v) is 16.5. The monoisotopic (exact) mass is 431 g/mol. The van der Waals surface area contributed by atoms with E-state index in [0.717, 1.165) is 17.0 Å². The lowest BCUT2D eigenvalue weighted by atomic mass is 10.0. The second-order valence-electron chi connectivity index (χ2n) is 7.33. The van der Waals surface area contributed by atoms with Gasteiger partial charge in [-0.2, -0.15) is 0 Å². The van der Waals surface area contributed by atoms with Crippen LogP contribution in [0.2, 0.25) is 0 Å². The molecule has 162 valence electrons. The molecular formula is C22H20F3N3O3. The molecule has 2 aromatic rings. The van der Waals surface area contributed by atoms with Crippen molar-refractivity contribution in [2.75, 3.05) is 44.2 Å². The van der Waals surface area contributed by atoms with E-state index < -0.39 is 29.3 Å². The van der Waals surface area contributed by atoms with Crippen LogP contribution in [0.15, 0.2) is 48.2 Å². The van der Waals surface area contributed by atoms with Crippen LogP contribution < -0.4 is 4.90 Å². The van der Waals surface area contributed by atoms with Crippen LogP contribution in [0.5, 0.6) is 0 Å². The van der Waals surface area contributed by atoms with Gasteiger partial charge in [0.1, 0.15) is 11.5 Å². The van der Waals surface area contributed by atoms with E-state index in [1.807, 2.05) is 4.90 Å². The minimum Gasteiger partial charge on any atom is -0.395 e. The lowest BCUT2D eigenvalue weighted by Gasteiger charge is -2.36. The molecule has 1 N–H and O–H groups in total. The summed E-state index contributed by atoms with van der Waals surface area (Å²) < 4.78 is 40.6. The first-order valence-electron chi connectivity index (χ1n) is 9.83. The van der Waals surface area contributed by atoms with Gasteiger partial charge in [-0.3, -0.25) is 14.5 Å². The molecule has 0 radical (unpaired) electrons. The molecule has 2 heterocycles. The highest BCUT2D eigenvalue weighted by Crippen LogP contribution is 2.35. The Hall–Kier alpha value is -3.17. The number of carbonyl (C=O) groups is 2. The summed E-state index contributed by atoms with van der Waals surface area (Å²) >= 11 is 0. The molecule has 0 atom stereocenters. The molecule has 1 fully saturated rings. The highest BCUT2D eigenvalue weighted by molar-refractivity contribution is 6.45. The zero-order chi connectivity index (χ0) is 22.1. The molecule has 9 heteroatoms. The number of anilines is 1. The summed E-state index contributed by atoms with van der Waals surface area (Å²) in [6.07, 6.45) is 0. The smallest absolute Gasteiger partial charge is 0.282 e. The number of aliphatic hydroxyl groups is 1. The third-order valence-electron chi connectivity index (χ3n) is 5.46. The number of aliphatic hydroxyl groups excluding tert-OH is 1. The average molecular weight is 431 g/mol. The minimum absolute atomic E-state index is 0.0187. The predicted octanol–water partition coefficient (Wildman–Crippen LogP) is 2.00. The first kappa shape index (κ1) is 21.1. The van der Waals surface area contributed by atoms with Crippen molar-refractivity contribution in [3.05, 3.63) is 71.2 Å². The fourth-order valence-electron chi connectivity index (χ4n) is 3.88. The molecule has 0 aromatic heterocycles. The van der Waals surface area contributed by atoms with E-state index in [1.54, 1.807) is 4.90 Å². The highest BCUT2D eigenvalue weighted by atomic mass is 19.2. The second kappa shape index (κ2) is 8.52. The maximum Gasteiger partial charge on any atom is 0.282 e. The normalized spacial score (nSPS) is 17.8. The Morgan fingerprint density at radius 1 is 0.839 bits per heavy atom. The van der Waals surface area contributed by atoms with Gasteiger partial charge < -0.3 is 10.0 Å². The van der Waals surface area contributed by atoms with Crippen LogP contribution in [-0.4, -0.2) is 66.1 Å².